The average Bonchev–Trinajstić information content (AvgIpc) is 2.59. The Bertz CT molecular complexity index is 460. The van der Waals surface area contributed by atoms with Crippen molar-refractivity contribution in [2.45, 2.75) is 13.5 Å². The van der Waals surface area contributed by atoms with Crippen molar-refractivity contribution in [2.75, 3.05) is 18.1 Å². The number of fused-ring (bicyclic) bond motifs is 1. The highest BCUT2D eigenvalue weighted by Gasteiger charge is 2.09. The molecule has 0 aliphatic carbocycles. The molecule has 0 unspecified atom stereocenters. The number of nitrogens with two attached hydrogens (primary N) is 1. The zero-order valence-corrected chi connectivity index (χ0v) is 8.15. The van der Waals surface area contributed by atoms with Crippen LogP contribution < -0.4 is 11.1 Å². The van der Waals surface area contributed by atoms with E-state index in [2.05, 4.69) is 20.3 Å². The Morgan fingerprint density at radius 3 is 2.93 bits per heavy atom. The molecule has 0 bridgehead atoms. The van der Waals surface area contributed by atoms with Gasteiger partial charge in [-0.2, -0.15) is 9.97 Å². The van der Waals surface area contributed by atoms with E-state index in [1.807, 2.05) is 11.5 Å². The minimum absolute atomic E-state index is 0.261. The van der Waals surface area contributed by atoms with Gasteiger partial charge in [0.2, 0.25) is 5.95 Å². The first-order valence-corrected chi connectivity index (χ1v) is 4.42. The number of hydrogen-bond acceptors (Lipinski definition) is 5. The molecule has 0 radical (unpaired) electrons. The van der Waals surface area contributed by atoms with Gasteiger partial charge >= 0.3 is 0 Å². The van der Waals surface area contributed by atoms with Gasteiger partial charge in [0.15, 0.2) is 17.0 Å². The quantitative estimate of drug-likeness (QED) is 0.722. The van der Waals surface area contributed by atoms with Crippen molar-refractivity contribution in [2.24, 2.45) is 0 Å². The molecule has 0 spiro atoms. The predicted octanol–water partition coefficient (Wildman–Crippen LogP) is 0.470. The second-order valence-electron chi connectivity index (χ2n) is 2.88. The Morgan fingerprint density at radius 2 is 2.29 bits per heavy atom. The van der Waals surface area contributed by atoms with Gasteiger partial charge in [-0.3, -0.25) is 0 Å². The van der Waals surface area contributed by atoms with Crippen molar-refractivity contribution in [3.63, 3.8) is 0 Å². The van der Waals surface area contributed by atoms with Gasteiger partial charge < -0.3 is 15.6 Å². The fraction of sp³-hybridized carbons (Fsp3) is 0.375. The summed E-state index contributed by atoms with van der Waals surface area (Å²) in [4.78, 5) is 12.4. The third kappa shape index (κ3) is 1.15. The smallest absolute Gasteiger partial charge is 0.224 e. The van der Waals surface area contributed by atoms with Gasteiger partial charge in [-0.1, -0.05) is 0 Å². The molecule has 6 heteroatoms. The Balaban J connectivity index is 2.76. The van der Waals surface area contributed by atoms with Crippen molar-refractivity contribution in [3.05, 3.63) is 6.33 Å². The maximum Gasteiger partial charge on any atom is 0.224 e. The molecule has 2 rings (SSSR count). The van der Waals surface area contributed by atoms with E-state index in [0.29, 0.717) is 5.82 Å². The molecule has 2 aromatic rings. The molecule has 0 fully saturated rings. The van der Waals surface area contributed by atoms with Crippen molar-refractivity contribution >= 4 is 22.9 Å². The van der Waals surface area contributed by atoms with Crippen molar-refractivity contribution in [1.82, 2.24) is 19.5 Å². The molecule has 6 nitrogen and oxygen atoms in total. The van der Waals surface area contributed by atoms with Crippen molar-refractivity contribution < 1.29 is 0 Å². The highest BCUT2D eigenvalue weighted by Crippen LogP contribution is 2.18. The monoisotopic (exact) mass is 192 g/mol. The van der Waals surface area contributed by atoms with Crippen LogP contribution in [0.15, 0.2) is 6.33 Å². The number of hydrogen-bond donors (Lipinski definition) is 2. The lowest BCUT2D eigenvalue weighted by Gasteiger charge is -2.02. The van der Waals surface area contributed by atoms with Crippen molar-refractivity contribution in [3.8, 4) is 0 Å². The summed E-state index contributed by atoms with van der Waals surface area (Å²) in [6, 6.07) is 0. The topological polar surface area (TPSA) is 81.7 Å². The molecule has 0 saturated carbocycles. The van der Waals surface area contributed by atoms with E-state index < -0.39 is 0 Å². The summed E-state index contributed by atoms with van der Waals surface area (Å²) in [5.74, 6) is 0.928. The molecule has 0 saturated heterocycles. The Morgan fingerprint density at radius 1 is 1.50 bits per heavy atom. The Kier molecular flexibility index (Phi) is 1.95. The van der Waals surface area contributed by atoms with E-state index in [9.17, 15) is 0 Å². The molecule has 74 valence electrons. The zero-order chi connectivity index (χ0) is 10.1. The number of nitrogen functional groups attached to an aromatic ring is 1. The lowest BCUT2D eigenvalue weighted by molar-refractivity contribution is 0.778. The van der Waals surface area contributed by atoms with Gasteiger partial charge in [-0.25, -0.2) is 4.98 Å². The third-order valence-corrected chi connectivity index (χ3v) is 2.06. The third-order valence-electron chi connectivity index (χ3n) is 2.06. The first kappa shape index (κ1) is 8.74. The summed E-state index contributed by atoms with van der Waals surface area (Å²) in [6.07, 6.45) is 1.74. The number of nitrogens with zero attached hydrogens (tertiary/aromatic N) is 4. The second-order valence-corrected chi connectivity index (χ2v) is 2.88. The van der Waals surface area contributed by atoms with Crippen LogP contribution in [0.1, 0.15) is 6.92 Å². The van der Waals surface area contributed by atoms with Crippen LogP contribution >= 0.6 is 0 Å². The number of anilines is 2. The minimum atomic E-state index is 0.261. The van der Waals surface area contributed by atoms with Gasteiger partial charge in [0, 0.05) is 13.6 Å². The molecule has 3 N–H and O–H groups in total. The number of imidazole rings is 1. The van der Waals surface area contributed by atoms with Crippen LogP contribution in [0.4, 0.5) is 11.8 Å². The van der Waals surface area contributed by atoms with E-state index in [1.54, 1.807) is 13.4 Å². The molecule has 0 aromatic carbocycles. The summed E-state index contributed by atoms with van der Waals surface area (Å²) in [7, 11) is 1.78. The van der Waals surface area contributed by atoms with Crippen LogP contribution in [0.25, 0.3) is 11.2 Å². The predicted molar refractivity (Wildman–Crippen MR) is 55.0 cm³/mol. The van der Waals surface area contributed by atoms with Crippen LogP contribution in [-0.4, -0.2) is 26.6 Å². The lowest BCUT2D eigenvalue weighted by Crippen LogP contribution is -2.02. The lowest BCUT2D eigenvalue weighted by atomic mass is 10.5. The SMILES string of the molecule is CCn1cnc2c(NC)nc(N)nc21. The Labute approximate surface area is 81.2 Å². The molecule has 2 aromatic heterocycles. The highest BCUT2D eigenvalue weighted by atomic mass is 15.2. The molecule has 0 aliphatic rings. The number of rotatable bonds is 2. The Hall–Kier alpha value is -1.85. The van der Waals surface area contributed by atoms with Crippen LogP contribution in [0, 0.1) is 0 Å². The van der Waals surface area contributed by atoms with E-state index >= 15 is 0 Å². The van der Waals surface area contributed by atoms with Gasteiger partial charge in [0.05, 0.1) is 6.33 Å². The van der Waals surface area contributed by atoms with Crippen LogP contribution in [0.3, 0.4) is 0 Å². The first-order valence-electron chi connectivity index (χ1n) is 4.42. The molecule has 0 atom stereocenters. The standard InChI is InChI=1S/C8H12N6/c1-3-14-4-11-5-6(10-2)12-8(9)13-7(5)14/h4H,3H2,1-2H3,(H3,9,10,12,13). The van der Waals surface area contributed by atoms with E-state index in [-0.39, 0.29) is 5.95 Å². The fourth-order valence-corrected chi connectivity index (χ4v) is 1.37. The summed E-state index contributed by atoms with van der Waals surface area (Å²) in [6.45, 7) is 2.84. The summed E-state index contributed by atoms with van der Waals surface area (Å²) >= 11 is 0. The second kappa shape index (κ2) is 3.13. The number of aryl methyl sites for hydroxylation is 1. The first-order chi connectivity index (χ1) is 6.76. The maximum atomic E-state index is 5.58. The highest BCUT2D eigenvalue weighted by molar-refractivity contribution is 5.83. The van der Waals surface area contributed by atoms with E-state index in [0.717, 1.165) is 17.7 Å². The van der Waals surface area contributed by atoms with Crippen LogP contribution in [0.2, 0.25) is 0 Å². The molecule has 14 heavy (non-hydrogen) atoms. The van der Waals surface area contributed by atoms with E-state index in [1.165, 1.54) is 0 Å². The summed E-state index contributed by atoms with van der Waals surface area (Å²) in [5, 5.41) is 2.94. The largest absolute Gasteiger partial charge is 0.371 e. The molecular weight excluding hydrogens is 180 g/mol. The van der Waals surface area contributed by atoms with Gasteiger partial charge in [-0.05, 0) is 6.92 Å². The van der Waals surface area contributed by atoms with Crippen molar-refractivity contribution in [1.29, 1.82) is 0 Å². The molecular formula is C8H12N6. The van der Waals surface area contributed by atoms with E-state index in [4.69, 9.17) is 5.73 Å². The van der Waals surface area contributed by atoms with Crippen LogP contribution in [-0.2, 0) is 6.54 Å². The summed E-state index contributed by atoms with van der Waals surface area (Å²) < 4.78 is 1.92. The summed E-state index contributed by atoms with van der Waals surface area (Å²) in [5.41, 5.74) is 7.10. The minimum Gasteiger partial charge on any atom is -0.371 e. The maximum absolute atomic E-state index is 5.58. The fourth-order valence-electron chi connectivity index (χ4n) is 1.37. The van der Waals surface area contributed by atoms with Gasteiger partial charge in [0.25, 0.3) is 0 Å². The normalized spacial score (nSPS) is 10.7. The number of aromatic nitrogens is 4. The average molecular weight is 192 g/mol. The van der Waals surface area contributed by atoms with Crippen LogP contribution in [0.5, 0.6) is 0 Å². The van der Waals surface area contributed by atoms with Gasteiger partial charge in [-0.15, -0.1) is 0 Å². The molecule has 0 aliphatic heterocycles. The molecule has 0 amide bonds. The number of nitrogens with one attached hydrogen (secondary N) is 1. The van der Waals surface area contributed by atoms with Gasteiger partial charge in [0.1, 0.15) is 0 Å². The zero-order valence-electron chi connectivity index (χ0n) is 8.15. The molecule has 2 heterocycles.